The standard InChI is InChI=1S/C9H8N2O4S/c1-5-4-16-9(14)11(5)2-7-10-6(3-15-7)8(12)13/h3-4H,2H2,1H3,(H,12,13). The van der Waals surface area contributed by atoms with Crippen LogP contribution in [-0.2, 0) is 6.54 Å². The normalized spacial score (nSPS) is 10.6. The van der Waals surface area contributed by atoms with Crippen molar-refractivity contribution >= 4 is 17.3 Å². The Morgan fingerprint density at radius 3 is 2.94 bits per heavy atom. The van der Waals surface area contributed by atoms with Crippen molar-refractivity contribution in [3.63, 3.8) is 0 Å². The molecule has 0 aromatic carbocycles. The molecule has 2 aromatic heterocycles. The van der Waals surface area contributed by atoms with Gasteiger partial charge in [0.05, 0.1) is 0 Å². The number of hydrogen-bond acceptors (Lipinski definition) is 5. The highest BCUT2D eigenvalue weighted by molar-refractivity contribution is 7.07. The highest BCUT2D eigenvalue weighted by Gasteiger charge is 2.12. The van der Waals surface area contributed by atoms with Crippen molar-refractivity contribution in [2.24, 2.45) is 0 Å². The van der Waals surface area contributed by atoms with E-state index in [2.05, 4.69) is 4.98 Å². The van der Waals surface area contributed by atoms with Gasteiger partial charge in [0.2, 0.25) is 5.89 Å². The molecule has 0 unspecified atom stereocenters. The first-order valence-corrected chi connectivity index (χ1v) is 5.28. The Balaban J connectivity index is 2.27. The Morgan fingerprint density at radius 1 is 1.69 bits per heavy atom. The van der Waals surface area contributed by atoms with E-state index in [1.807, 2.05) is 0 Å². The third-order valence-corrected chi connectivity index (χ3v) is 2.92. The summed E-state index contributed by atoms with van der Waals surface area (Å²) in [5, 5.41) is 10.4. The average Bonchev–Trinajstić information content (AvgIpc) is 2.80. The number of nitrogens with zero attached hydrogens (tertiary/aromatic N) is 2. The van der Waals surface area contributed by atoms with Crippen molar-refractivity contribution in [2.45, 2.75) is 13.5 Å². The van der Waals surface area contributed by atoms with Crippen molar-refractivity contribution < 1.29 is 14.3 Å². The number of carbonyl (C=O) groups is 1. The highest BCUT2D eigenvalue weighted by Crippen LogP contribution is 2.06. The van der Waals surface area contributed by atoms with Gasteiger partial charge in [-0.25, -0.2) is 9.78 Å². The predicted octanol–water partition coefficient (Wildman–Crippen LogP) is 0.953. The quantitative estimate of drug-likeness (QED) is 0.863. The van der Waals surface area contributed by atoms with Crippen LogP contribution in [0.2, 0.25) is 0 Å². The third-order valence-electron chi connectivity index (χ3n) is 2.04. The molecular formula is C9H8N2O4S. The third kappa shape index (κ3) is 1.89. The van der Waals surface area contributed by atoms with Crippen LogP contribution in [0.15, 0.2) is 20.9 Å². The molecule has 16 heavy (non-hydrogen) atoms. The molecule has 0 fully saturated rings. The summed E-state index contributed by atoms with van der Waals surface area (Å²) in [7, 11) is 0. The molecular weight excluding hydrogens is 232 g/mol. The molecule has 84 valence electrons. The average molecular weight is 240 g/mol. The fraction of sp³-hybridized carbons (Fsp3) is 0.222. The summed E-state index contributed by atoms with van der Waals surface area (Å²) in [5.41, 5.74) is 0.640. The summed E-state index contributed by atoms with van der Waals surface area (Å²) in [6.07, 6.45) is 1.06. The van der Waals surface area contributed by atoms with Gasteiger partial charge in [-0.1, -0.05) is 11.3 Å². The van der Waals surface area contributed by atoms with Gasteiger partial charge in [0, 0.05) is 11.1 Å². The number of oxazole rings is 1. The van der Waals surface area contributed by atoms with Crippen LogP contribution in [0, 0.1) is 6.92 Å². The summed E-state index contributed by atoms with van der Waals surface area (Å²) >= 11 is 1.09. The van der Waals surface area contributed by atoms with Gasteiger partial charge in [-0.2, -0.15) is 0 Å². The smallest absolute Gasteiger partial charge is 0.357 e. The van der Waals surface area contributed by atoms with E-state index in [9.17, 15) is 9.59 Å². The van der Waals surface area contributed by atoms with Crippen molar-refractivity contribution in [1.82, 2.24) is 9.55 Å². The minimum absolute atomic E-state index is 0.118. The lowest BCUT2D eigenvalue weighted by atomic mass is 10.5. The molecule has 0 atom stereocenters. The zero-order valence-electron chi connectivity index (χ0n) is 8.34. The number of aryl methyl sites for hydroxylation is 1. The SMILES string of the molecule is Cc1csc(=O)n1Cc1nc(C(=O)O)co1. The number of aromatic carboxylic acids is 1. The molecule has 0 aliphatic heterocycles. The molecule has 2 rings (SSSR count). The van der Waals surface area contributed by atoms with Gasteiger partial charge in [-0.05, 0) is 6.92 Å². The summed E-state index contributed by atoms with van der Waals surface area (Å²) in [6, 6.07) is 0. The Bertz CT molecular complexity index is 580. The lowest BCUT2D eigenvalue weighted by molar-refractivity contribution is 0.0690. The maximum absolute atomic E-state index is 11.4. The van der Waals surface area contributed by atoms with Crippen molar-refractivity contribution in [1.29, 1.82) is 0 Å². The molecule has 0 aliphatic carbocycles. The number of rotatable bonds is 3. The molecule has 0 saturated carbocycles. The number of thiazole rings is 1. The summed E-state index contributed by atoms with van der Waals surface area (Å²) in [6.45, 7) is 1.94. The number of hydrogen-bond donors (Lipinski definition) is 1. The highest BCUT2D eigenvalue weighted by atomic mass is 32.1. The largest absolute Gasteiger partial charge is 0.476 e. The molecule has 2 aromatic rings. The predicted molar refractivity (Wildman–Crippen MR) is 55.9 cm³/mol. The van der Waals surface area contributed by atoms with Gasteiger partial charge in [0.25, 0.3) is 0 Å². The molecule has 0 amide bonds. The molecule has 0 saturated heterocycles. The first kappa shape index (κ1) is 10.6. The van der Waals surface area contributed by atoms with Gasteiger partial charge < -0.3 is 9.52 Å². The number of carboxylic acids is 1. The molecule has 0 aliphatic rings. The molecule has 2 heterocycles. The Labute approximate surface area is 93.8 Å². The van der Waals surface area contributed by atoms with Gasteiger partial charge in [0.1, 0.15) is 12.8 Å². The number of carboxylic acid groups (broad SMARTS) is 1. The molecule has 1 N–H and O–H groups in total. The van der Waals surface area contributed by atoms with E-state index in [0.29, 0.717) is 0 Å². The van der Waals surface area contributed by atoms with Crippen molar-refractivity contribution in [3.05, 3.63) is 38.6 Å². The molecule has 0 bridgehead atoms. The number of aromatic nitrogens is 2. The zero-order chi connectivity index (χ0) is 11.7. The van der Waals surface area contributed by atoms with Crippen LogP contribution in [0.3, 0.4) is 0 Å². The van der Waals surface area contributed by atoms with Crippen LogP contribution in [-0.4, -0.2) is 20.6 Å². The van der Waals surface area contributed by atoms with E-state index in [4.69, 9.17) is 9.52 Å². The minimum Gasteiger partial charge on any atom is -0.476 e. The summed E-state index contributed by atoms with van der Waals surface area (Å²) < 4.78 is 6.44. The molecule has 6 nitrogen and oxygen atoms in total. The second-order valence-electron chi connectivity index (χ2n) is 3.16. The molecule has 7 heteroatoms. The van der Waals surface area contributed by atoms with Crippen molar-refractivity contribution in [2.75, 3.05) is 0 Å². The van der Waals surface area contributed by atoms with Crippen molar-refractivity contribution in [3.8, 4) is 0 Å². The maximum Gasteiger partial charge on any atom is 0.357 e. The van der Waals surface area contributed by atoms with Gasteiger partial charge >= 0.3 is 10.8 Å². The van der Waals surface area contributed by atoms with Crippen LogP contribution in [0.1, 0.15) is 22.1 Å². The second-order valence-corrected chi connectivity index (χ2v) is 3.98. The van der Waals surface area contributed by atoms with Crippen LogP contribution in [0.5, 0.6) is 0 Å². The van der Waals surface area contributed by atoms with Crippen LogP contribution >= 0.6 is 11.3 Å². The van der Waals surface area contributed by atoms with Crippen LogP contribution < -0.4 is 4.87 Å². The monoisotopic (exact) mass is 240 g/mol. The van der Waals surface area contributed by atoms with E-state index in [1.165, 1.54) is 4.57 Å². The second kappa shape index (κ2) is 3.93. The fourth-order valence-corrected chi connectivity index (χ4v) is 1.95. The van der Waals surface area contributed by atoms with Crippen LogP contribution in [0.4, 0.5) is 0 Å². The van der Waals surface area contributed by atoms with Crippen LogP contribution in [0.25, 0.3) is 0 Å². The zero-order valence-corrected chi connectivity index (χ0v) is 9.15. The fourth-order valence-electron chi connectivity index (χ4n) is 1.21. The van der Waals surface area contributed by atoms with E-state index in [0.717, 1.165) is 23.3 Å². The Morgan fingerprint density at radius 2 is 2.44 bits per heavy atom. The van der Waals surface area contributed by atoms with E-state index < -0.39 is 5.97 Å². The summed E-state index contributed by atoms with van der Waals surface area (Å²) in [4.78, 5) is 25.6. The van der Waals surface area contributed by atoms with E-state index in [-0.39, 0.29) is 23.0 Å². The maximum atomic E-state index is 11.4. The van der Waals surface area contributed by atoms with E-state index >= 15 is 0 Å². The first-order valence-electron chi connectivity index (χ1n) is 4.40. The van der Waals surface area contributed by atoms with Gasteiger partial charge in [-0.3, -0.25) is 9.36 Å². The minimum atomic E-state index is -1.15. The Kier molecular flexibility index (Phi) is 2.61. The van der Waals surface area contributed by atoms with Gasteiger partial charge in [-0.15, -0.1) is 0 Å². The topological polar surface area (TPSA) is 85.3 Å². The van der Waals surface area contributed by atoms with Gasteiger partial charge in [0.15, 0.2) is 5.69 Å². The first-order chi connectivity index (χ1) is 7.58. The Hall–Kier alpha value is -1.89. The lowest BCUT2D eigenvalue weighted by Crippen LogP contribution is -2.15. The molecule has 0 radical (unpaired) electrons. The lowest BCUT2D eigenvalue weighted by Gasteiger charge is -1.98. The molecule has 0 spiro atoms. The summed E-state index contributed by atoms with van der Waals surface area (Å²) in [5.74, 6) is -0.939. The van der Waals surface area contributed by atoms with E-state index in [1.54, 1.807) is 12.3 Å².